The summed E-state index contributed by atoms with van der Waals surface area (Å²) in [6.45, 7) is 3.74. The van der Waals surface area contributed by atoms with Crippen molar-refractivity contribution < 1.29 is 9.53 Å². The molecule has 2 aromatic carbocycles. The van der Waals surface area contributed by atoms with Crippen LogP contribution in [0.3, 0.4) is 0 Å². The molecular weight excluding hydrogens is 300 g/mol. The molecular formula is C20H26N2O2. The van der Waals surface area contributed by atoms with Gasteiger partial charge in [0.25, 0.3) is 0 Å². The number of hydrogen-bond donors (Lipinski definition) is 2. The number of amides is 1. The van der Waals surface area contributed by atoms with Crippen LogP contribution in [-0.2, 0) is 9.53 Å². The van der Waals surface area contributed by atoms with E-state index < -0.39 is 0 Å². The number of carbonyl (C=O) groups is 1. The van der Waals surface area contributed by atoms with Crippen molar-refractivity contribution in [3.8, 4) is 0 Å². The Morgan fingerprint density at radius 1 is 1.17 bits per heavy atom. The highest BCUT2D eigenvalue weighted by Gasteiger charge is 2.07. The minimum absolute atomic E-state index is 0.0754. The van der Waals surface area contributed by atoms with Gasteiger partial charge in [0.1, 0.15) is 6.61 Å². The van der Waals surface area contributed by atoms with Gasteiger partial charge in [-0.3, -0.25) is 4.79 Å². The zero-order chi connectivity index (χ0) is 17.2. The second-order valence-corrected chi connectivity index (χ2v) is 5.74. The van der Waals surface area contributed by atoms with Crippen molar-refractivity contribution in [2.45, 2.75) is 19.4 Å². The van der Waals surface area contributed by atoms with Gasteiger partial charge in [-0.05, 0) is 29.7 Å². The van der Waals surface area contributed by atoms with Gasteiger partial charge in [-0.1, -0.05) is 54.6 Å². The van der Waals surface area contributed by atoms with E-state index in [1.165, 1.54) is 23.4 Å². The van der Waals surface area contributed by atoms with Gasteiger partial charge in [-0.2, -0.15) is 0 Å². The quantitative estimate of drug-likeness (QED) is 0.549. The van der Waals surface area contributed by atoms with E-state index in [0.717, 1.165) is 13.0 Å². The van der Waals surface area contributed by atoms with Crippen molar-refractivity contribution in [3.63, 3.8) is 0 Å². The summed E-state index contributed by atoms with van der Waals surface area (Å²) in [6, 6.07) is 15.2. The molecule has 0 saturated carbocycles. The maximum atomic E-state index is 11.2. The lowest BCUT2D eigenvalue weighted by atomic mass is 10.00. The van der Waals surface area contributed by atoms with Crippen LogP contribution in [0.15, 0.2) is 54.6 Å². The predicted molar refractivity (Wildman–Crippen MR) is 99.0 cm³/mol. The molecule has 1 atom stereocenters. The highest BCUT2D eigenvalue weighted by atomic mass is 16.5. The first-order valence-electron chi connectivity index (χ1n) is 8.34. The number of ether oxygens (including phenoxy) is 1. The minimum Gasteiger partial charge on any atom is -0.375 e. The Balaban J connectivity index is 1.76. The Hall–Kier alpha value is -2.17. The van der Waals surface area contributed by atoms with Crippen LogP contribution < -0.4 is 10.6 Å². The normalized spacial score (nSPS) is 12.6. The van der Waals surface area contributed by atoms with Gasteiger partial charge >= 0.3 is 0 Å². The molecule has 0 aliphatic rings. The van der Waals surface area contributed by atoms with E-state index >= 15 is 0 Å². The number of fused-ring (bicyclic) bond motifs is 1. The van der Waals surface area contributed by atoms with E-state index in [1.807, 2.05) is 0 Å². The van der Waals surface area contributed by atoms with E-state index in [0.29, 0.717) is 6.54 Å². The van der Waals surface area contributed by atoms with E-state index in [4.69, 9.17) is 4.74 Å². The third kappa shape index (κ3) is 5.48. The fraction of sp³-hybridized carbons (Fsp3) is 0.350. The first-order chi connectivity index (χ1) is 11.7. The molecule has 0 aliphatic carbocycles. The van der Waals surface area contributed by atoms with Gasteiger partial charge in [0.05, 0.1) is 0 Å². The molecule has 128 valence electrons. The van der Waals surface area contributed by atoms with Gasteiger partial charge in [-0.15, -0.1) is 0 Å². The average molecular weight is 326 g/mol. The zero-order valence-corrected chi connectivity index (χ0v) is 14.4. The number of carbonyl (C=O) groups excluding carboxylic acids is 1. The molecule has 0 fully saturated rings. The molecule has 24 heavy (non-hydrogen) atoms. The molecule has 0 unspecified atom stereocenters. The number of rotatable bonds is 9. The van der Waals surface area contributed by atoms with Crippen molar-refractivity contribution in [3.05, 3.63) is 60.2 Å². The molecule has 2 rings (SSSR count). The van der Waals surface area contributed by atoms with Gasteiger partial charge in [0, 0.05) is 26.2 Å². The standard InChI is InChI=1S/C20H26N2O2/c1-16(18-12-8-10-17-9-4-5-11-19(17)18)21-13-6-3-7-14-22-20(23)15-24-2/h3-6,8-12,16,21H,7,13-15H2,1-2H3,(H,22,23)/b6-3+/t16-/m1/s1. The van der Waals surface area contributed by atoms with Gasteiger partial charge in [-0.25, -0.2) is 0 Å². The average Bonchev–Trinajstić information content (AvgIpc) is 2.60. The van der Waals surface area contributed by atoms with Crippen molar-refractivity contribution in [2.24, 2.45) is 0 Å². The molecule has 2 aromatic rings. The fourth-order valence-corrected chi connectivity index (χ4v) is 2.66. The van der Waals surface area contributed by atoms with Crippen LogP contribution in [0.5, 0.6) is 0 Å². The molecule has 0 spiro atoms. The number of nitrogens with one attached hydrogen (secondary N) is 2. The largest absolute Gasteiger partial charge is 0.375 e. The van der Waals surface area contributed by atoms with E-state index in [1.54, 1.807) is 0 Å². The second kappa shape index (κ2) is 9.85. The molecule has 0 bridgehead atoms. The predicted octanol–water partition coefficient (Wildman–Crippen LogP) is 3.20. The van der Waals surface area contributed by atoms with Crippen molar-refractivity contribution >= 4 is 16.7 Å². The fourth-order valence-electron chi connectivity index (χ4n) is 2.66. The minimum atomic E-state index is -0.0754. The lowest BCUT2D eigenvalue weighted by Gasteiger charge is -2.15. The molecule has 4 heteroatoms. The summed E-state index contributed by atoms with van der Waals surface area (Å²) in [6.07, 6.45) is 5.00. The van der Waals surface area contributed by atoms with Crippen LogP contribution in [0.2, 0.25) is 0 Å². The zero-order valence-electron chi connectivity index (χ0n) is 14.4. The molecule has 0 aromatic heterocycles. The maximum Gasteiger partial charge on any atom is 0.245 e. The number of hydrogen-bond acceptors (Lipinski definition) is 3. The summed E-state index contributed by atoms with van der Waals surface area (Å²) in [4.78, 5) is 11.2. The van der Waals surface area contributed by atoms with Crippen molar-refractivity contribution in [2.75, 3.05) is 26.8 Å². The third-order valence-corrected chi connectivity index (χ3v) is 3.91. The Bertz CT molecular complexity index is 677. The van der Waals surface area contributed by atoms with Gasteiger partial charge < -0.3 is 15.4 Å². The smallest absolute Gasteiger partial charge is 0.245 e. The highest BCUT2D eigenvalue weighted by Crippen LogP contribution is 2.23. The summed E-state index contributed by atoms with van der Waals surface area (Å²) in [5, 5.41) is 8.88. The molecule has 0 aliphatic heterocycles. The summed E-state index contributed by atoms with van der Waals surface area (Å²) in [5.41, 5.74) is 1.31. The second-order valence-electron chi connectivity index (χ2n) is 5.74. The first-order valence-corrected chi connectivity index (χ1v) is 8.34. The molecule has 0 saturated heterocycles. The highest BCUT2D eigenvalue weighted by molar-refractivity contribution is 5.86. The molecule has 1 amide bonds. The lowest BCUT2D eigenvalue weighted by Crippen LogP contribution is -2.27. The van der Waals surface area contributed by atoms with Crippen molar-refractivity contribution in [1.29, 1.82) is 0 Å². The van der Waals surface area contributed by atoms with Gasteiger partial charge in [0.15, 0.2) is 0 Å². The summed E-state index contributed by atoms with van der Waals surface area (Å²) in [5.74, 6) is -0.0754. The Morgan fingerprint density at radius 2 is 1.96 bits per heavy atom. The van der Waals surface area contributed by atoms with Crippen LogP contribution in [0, 0.1) is 0 Å². The SMILES string of the molecule is COCC(=O)NCC/C=C/CN[C@H](C)c1cccc2ccccc12. The maximum absolute atomic E-state index is 11.2. The van der Waals surface area contributed by atoms with Crippen LogP contribution in [0.4, 0.5) is 0 Å². The number of benzene rings is 2. The summed E-state index contributed by atoms with van der Waals surface area (Å²) in [7, 11) is 1.52. The Kier molecular flexibility index (Phi) is 7.46. The van der Waals surface area contributed by atoms with E-state index in [9.17, 15) is 4.79 Å². The molecule has 0 radical (unpaired) electrons. The molecule has 2 N–H and O–H groups in total. The Morgan fingerprint density at radius 3 is 2.79 bits per heavy atom. The van der Waals surface area contributed by atoms with E-state index in [-0.39, 0.29) is 18.6 Å². The third-order valence-electron chi connectivity index (χ3n) is 3.91. The topological polar surface area (TPSA) is 50.4 Å². The van der Waals surface area contributed by atoms with Crippen LogP contribution in [0.25, 0.3) is 10.8 Å². The van der Waals surface area contributed by atoms with Crippen LogP contribution in [0.1, 0.15) is 24.9 Å². The van der Waals surface area contributed by atoms with Crippen LogP contribution in [-0.4, -0.2) is 32.7 Å². The molecule has 4 nitrogen and oxygen atoms in total. The Labute approximate surface area is 143 Å². The lowest BCUT2D eigenvalue weighted by molar-refractivity contribution is -0.124. The first kappa shape index (κ1) is 18.2. The molecule has 0 heterocycles. The summed E-state index contributed by atoms with van der Waals surface area (Å²) < 4.78 is 4.76. The van der Waals surface area contributed by atoms with E-state index in [2.05, 4.69) is 72.2 Å². The number of methoxy groups -OCH3 is 1. The van der Waals surface area contributed by atoms with Crippen LogP contribution >= 0.6 is 0 Å². The van der Waals surface area contributed by atoms with Gasteiger partial charge in [0.2, 0.25) is 5.91 Å². The summed E-state index contributed by atoms with van der Waals surface area (Å²) >= 11 is 0. The van der Waals surface area contributed by atoms with Crippen molar-refractivity contribution in [1.82, 2.24) is 10.6 Å². The monoisotopic (exact) mass is 326 g/mol.